The summed E-state index contributed by atoms with van der Waals surface area (Å²) in [7, 11) is 0. The molecule has 1 saturated carbocycles. The lowest BCUT2D eigenvalue weighted by molar-refractivity contribution is 0.00580. The molecule has 1 atom stereocenters. The fourth-order valence-corrected chi connectivity index (χ4v) is 5.66. The quantitative estimate of drug-likeness (QED) is 0.681. The summed E-state index contributed by atoms with van der Waals surface area (Å²) in [5.74, 6) is 1.74. The van der Waals surface area contributed by atoms with Gasteiger partial charge in [0.15, 0.2) is 0 Å². The predicted octanol–water partition coefficient (Wildman–Crippen LogP) is 5.13. The number of piperidine rings is 1. The smallest absolute Gasteiger partial charge is 0.0576 e. The highest BCUT2D eigenvalue weighted by Gasteiger charge is 2.32. The lowest BCUT2D eigenvalue weighted by Crippen LogP contribution is -2.45. The average molecular weight is 370 g/mol. The predicted molar refractivity (Wildman–Crippen MR) is 96.3 cm³/mol. The third-order valence-corrected chi connectivity index (χ3v) is 7.03. The maximum atomic E-state index is 5.80. The van der Waals surface area contributed by atoms with Crippen LogP contribution < -0.4 is 0 Å². The van der Waals surface area contributed by atoms with E-state index in [9.17, 15) is 0 Å². The summed E-state index contributed by atoms with van der Waals surface area (Å²) in [6.45, 7) is 5.65. The summed E-state index contributed by atoms with van der Waals surface area (Å²) in [6, 6.07) is 0.836. The molecule has 0 aromatic rings. The molecular formula is C19H32BrNO. The molecule has 2 fully saturated rings. The van der Waals surface area contributed by atoms with E-state index >= 15 is 0 Å². The van der Waals surface area contributed by atoms with Crippen molar-refractivity contribution in [2.45, 2.75) is 76.9 Å². The lowest BCUT2D eigenvalue weighted by Gasteiger charge is -2.42. The number of halogens is 1. The highest BCUT2D eigenvalue weighted by Crippen LogP contribution is 2.40. The van der Waals surface area contributed by atoms with Gasteiger partial charge in [0.25, 0.3) is 0 Å². The number of ether oxygens (including phenoxy) is 1. The van der Waals surface area contributed by atoms with E-state index in [-0.39, 0.29) is 0 Å². The number of rotatable bonds is 4. The second kappa shape index (κ2) is 8.30. The maximum Gasteiger partial charge on any atom is 0.0576 e. The van der Waals surface area contributed by atoms with E-state index in [1.165, 1.54) is 75.4 Å². The fraction of sp³-hybridized carbons (Fsp3) is 0.895. The van der Waals surface area contributed by atoms with Gasteiger partial charge in [-0.05, 0) is 94.1 Å². The number of nitrogens with zero attached hydrogens (tertiary/aromatic N) is 1. The van der Waals surface area contributed by atoms with Gasteiger partial charge in [0.2, 0.25) is 0 Å². The minimum absolute atomic E-state index is 0.544. The first-order valence-electron chi connectivity index (χ1n) is 9.49. The summed E-state index contributed by atoms with van der Waals surface area (Å²) < 4.78 is 7.31. The van der Waals surface area contributed by atoms with Crippen LogP contribution in [-0.4, -0.2) is 36.7 Å². The second-order valence-corrected chi connectivity index (χ2v) is 8.30. The molecular weight excluding hydrogens is 338 g/mol. The van der Waals surface area contributed by atoms with E-state index in [0.29, 0.717) is 6.10 Å². The first-order chi connectivity index (χ1) is 10.8. The normalized spacial score (nSPS) is 35.4. The van der Waals surface area contributed by atoms with Gasteiger partial charge >= 0.3 is 0 Å². The Balaban J connectivity index is 1.44. The summed E-state index contributed by atoms with van der Waals surface area (Å²) in [5, 5.41) is 0. The Labute approximate surface area is 144 Å². The Morgan fingerprint density at radius 1 is 1.09 bits per heavy atom. The molecule has 126 valence electrons. The zero-order valence-corrected chi connectivity index (χ0v) is 15.7. The van der Waals surface area contributed by atoms with Crippen molar-refractivity contribution >= 4 is 15.9 Å². The van der Waals surface area contributed by atoms with Crippen LogP contribution in [0.15, 0.2) is 10.6 Å². The van der Waals surface area contributed by atoms with Gasteiger partial charge < -0.3 is 9.64 Å². The fourth-order valence-electron chi connectivity index (χ4n) is 4.83. The molecule has 1 unspecified atom stereocenters. The van der Waals surface area contributed by atoms with Crippen molar-refractivity contribution in [2.24, 2.45) is 11.8 Å². The molecule has 1 heterocycles. The standard InChI is InChI=1S/C19H32BrNO/c1-2-22-17-9-7-16(8-10-17)21-13-11-15(12-14-21)18-5-3-4-6-19(18)20/h6,15-18H,2-5,7-14H2,1H3. The van der Waals surface area contributed by atoms with E-state index in [0.717, 1.165) is 24.5 Å². The Morgan fingerprint density at radius 2 is 1.82 bits per heavy atom. The molecule has 0 amide bonds. The monoisotopic (exact) mass is 369 g/mol. The van der Waals surface area contributed by atoms with Gasteiger partial charge in [-0.3, -0.25) is 0 Å². The summed E-state index contributed by atoms with van der Waals surface area (Å²) >= 11 is 3.84. The van der Waals surface area contributed by atoms with Gasteiger partial charge in [0.1, 0.15) is 0 Å². The summed E-state index contributed by atoms with van der Waals surface area (Å²) in [6.07, 6.45) is 15.1. The Morgan fingerprint density at radius 3 is 2.45 bits per heavy atom. The van der Waals surface area contributed by atoms with Crippen LogP contribution in [0, 0.1) is 11.8 Å². The van der Waals surface area contributed by atoms with Crippen LogP contribution in [0.25, 0.3) is 0 Å². The van der Waals surface area contributed by atoms with Crippen LogP contribution in [0.4, 0.5) is 0 Å². The third-order valence-electron chi connectivity index (χ3n) is 6.12. The van der Waals surface area contributed by atoms with Gasteiger partial charge in [0.05, 0.1) is 6.10 Å². The zero-order valence-electron chi connectivity index (χ0n) is 14.1. The van der Waals surface area contributed by atoms with E-state index in [1.54, 1.807) is 0 Å². The van der Waals surface area contributed by atoms with Gasteiger partial charge in [0, 0.05) is 12.6 Å². The topological polar surface area (TPSA) is 12.5 Å². The number of hydrogen-bond donors (Lipinski definition) is 0. The molecule has 3 rings (SSSR count). The molecule has 0 spiro atoms. The number of allylic oxidation sites excluding steroid dienone is 2. The van der Waals surface area contributed by atoms with Crippen LogP contribution >= 0.6 is 15.9 Å². The molecule has 1 saturated heterocycles. The molecule has 0 N–H and O–H groups in total. The summed E-state index contributed by atoms with van der Waals surface area (Å²) in [4.78, 5) is 2.79. The van der Waals surface area contributed by atoms with Crippen molar-refractivity contribution in [3.63, 3.8) is 0 Å². The van der Waals surface area contributed by atoms with Crippen LogP contribution in [0.2, 0.25) is 0 Å². The van der Waals surface area contributed by atoms with Crippen molar-refractivity contribution in [3.8, 4) is 0 Å². The molecule has 0 bridgehead atoms. The third kappa shape index (κ3) is 4.15. The summed E-state index contributed by atoms with van der Waals surface area (Å²) in [5.41, 5.74) is 0. The lowest BCUT2D eigenvalue weighted by atomic mass is 9.78. The molecule has 3 heteroatoms. The van der Waals surface area contributed by atoms with E-state index in [4.69, 9.17) is 4.74 Å². The minimum Gasteiger partial charge on any atom is -0.379 e. The van der Waals surface area contributed by atoms with Gasteiger partial charge in [-0.1, -0.05) is 22.0 Å². The largest absolute Gasteiger partial charge is 0.379 e. The molecule has 1 aliphatic heterocycles. The highest BCUT2D eigenvalue weighted by atomic mass is 79.9. The molecule has 3 aliphatic rings. The average Bonchev–Trinajstić information content (AvgIpc) is 2.57. The molecule has 2 aliphatic carbocycles. The van der Waals surface area contributed by atoms with Crippen molar-refractivity contribution in [1.29, 1.82) is 0 Å². The van der Waals surface area contributed by atoms with Crippen LogP contribution in [-0.2, 0) is 4.74 Å². The zero-order chi connectivity index (χ0) is 15.4. The molecule has 0 radical (unpaired) electrons. The molecule has 0 aromatic carbocycles. The highest BCUT2D eigenvalue weighted by molar-refractivity contribution is 9.11. The number of likely N-dealkylation sites (tertiary alicyclic amines) is 1. The maximum absolute atomic E-state index is 5.80. The van der Waals surface area contributed by atoms with Crippen molar-refractivity contribution < 1.29 is 4.74 Å². The minimum atomic E-state index is 0.544. The first-order valence-corrected chi connectivity index (χ1v) is 10.3. The molecule has 0 aromatic heterocycles. The number of hydrogen-bond acceptors (Lipinski definition) is 2. The van der Waals surface area contributed by atoms with E-state index in [1.807, 2.05) is 0 Å². The van der Waals surface area contributed by atoms with Crippen molar-refractivity contribution in [3.05, 3.63) is 10.6 Å². The Hall–Kier alpha value is 0.140. The Bertz CT molecular complexity index is 368. The molecule has 2 nitrogen and oxygen atoms in total. The van der Waals surface area contributed by atoms with Gasteiger partial charge in [-0.25, -0.2) is 0 Å². The van der Waals surface area contributed by atoms with E-state index in [2.05, 4.69) is 33.8 Å². The van der Waals surface area contributed by atoms with Crippen LogP contribution in [0.5, 0.6) is 0 Å². The van der Waals surface area contributed by atoms with Crippen LogP contribution in [0.3, 0.4) is 0 Å². The van der Waals surface area contributed by atoms with E-state index < -0.39 is 0 Å². The van der Waals surface area contributed by atoms with Gasteiger partial charge in [-0.15, -0.1) is 0 Å². The SMILES string of the molecule is CCOC1CCC(N2CCC(C3CCCC=C3Br)CC2)CC1. The van der Waals surface area contributed by atoms with Crippen LogP contribution in [0.1, 0.15) is 64.7 Å². The van der Waals surface area contributed by atoms with Crippen molar-refractivity contribution in [1.82, 2.24) is 4.90 Å². The first kappa shape index (κ1) is 17.0. The molecule has 22 heavy (non-hydrogen) atoms. The van der Waals surface area contributed by atoms with Crippen molar-refractivity contribution in [2.75, 3.05) is 19.7 Å². The second-order valence-electron chi connectivity index (χ2n) is 7.39. The van der Waals surface area contributed by atoms with Gasteiger partial charge in [-0.2, -0.15) is 0 Å². The Kier molecular flexibility index (Phi) is 6.41.